The molecule has 0 N–H and O–H groups in total. The molecule has 2 heterocycles. The molecule has 1 aliphatic heterocycles. The van der Waals surface area contributed by atoms with E-state index in [1.165, 1.54) is 22.3 Å². The van der Waals surface area contributed by atoms with Gasteiger partial charge in [-0.2, -0.15) is 5.10 Å². The third-order valence-corrected chi connectivity index (χ3v) is 5.72. The highest BCUT2D eigenvalue weighted by Gasteiger charge is 2.22. The van der Waals surface area contributed by atoms with Crippen LogP contribution in [0.4, 0.5) is 0 Å². The normalized spacial score (nSPS) is 14.1. The lowest BCUT2D eigenvalue weighted by atomic mass is 9.87. The van der Waals surface area contributed by atoms with Gasteiger partial charge in [-0.05, 0) is 28.7 Å². The summed E-state index contributed by atoms with van der Waals surface area (Å²) in [5.74, 6) is 0.590. The Morgan fingerprint density at radius 3 is 2.47 bits per heavy atom. The van der Waals surface area contributed by atoms with E-state index in [0.717, 1.165) is 23.3 Å². The third kappa shape index (κ3) is 4.62. The molecule has 0 radical (unpaired) electrons. The van der Waals surface area contributed by atoms with E-state index in [4.69, 9.17) is 4.42 Å². The maximum Gasteiger partial charge on any atom is 0.277 e. The van der Waals surface area contributed by atoms with Gasteiger partial charge in [0.25, 0.3) is 11.1 Å². The van der Waals surface area contributed by atoms with Crippen LogP contribution in [0.2, 0.25) is 0 Å². The maximum absolute atomic E-state index is 12.5. The van der Waals surface area contributed by atoms with E-state index in [1.807, 2.05) is 42.5 Å². The number of thioether (sulfide) groups is 1. The van der Waals surface area contributed by atoms with Gasteiger partial charge in [0.2, 0.25) is 5.89 Å². The van der Waals surface area contributed by atoms with Crippen LogP contribution in [0.3, 0.4) is 0 Å². The van der Waals surface area contributed by atoms with Gasteiger partial charge >= 0.3 is 0 Å². The highest BCUT2D eigenvalue weighted by Crippen LogP contribution is 2.27. The molecule has 1 amide bonds. The van der Waals surface area contributed by atoms with Crippen LogP contribution in [0, 0.1) is 0 Å². The Hall–Kier alpha value is -2.93. The summed E-state index contributed by atoms with van der Waals surface area (Å²) in [6.45, 7) is 7.12. The molecule has 0 unspecified atom stereocenters. The Morgan fingerprint density at radius 1 is 1.03 bits per heavy atom. The van der Waals surface area contributed by atoms with Gasteiger partial charge in [0.15, 0.2) is 0 Å². The first kappa shape index (κ1) is 20.3. The van der Waals surface area contributed by atoms with Crippen molar-refractivity contribution in [1.29, 1.82) is 0 Å². The average Bonchev–Trinajstić information content (AvgIpc) is 3.42. The number of hydrogen-bond acceptors (Lipinski definition) is 6. The highest BCUT2D eigenvalue weighted by atomic mass is 32.2. The van der Waals surface area contributed by atoms with Crippen LogP contribution in [-0.2, 0) is 10.2 Å². The summed E-state index contributed by atoms with van der Waals surface area (Å²) in [4.78, 5) is 12.5. The van der Waals surface area contributed by atoms with Gasteiger partial charge in [0.1, 0.15) is 0 Å². The minimum absolute atomic E-state index is 0.0692. The molecule has 7 heteroatoms. The number of hydrazone groups is 1. The molecule has 6 nitrogen and oxygen atoms in total. The summed E-state index contributed by atoms with van der Waals surface area (Å²) in [7, 11) is 0. The average molecular weight is 421 g/mol. The molecular formula is C23H24N4O2S. The topological polar surface area (TPSA) is 71.6 Å². The number of rotatable bonds is 5. The molecule has 0 bridgehead atoms. The van der Waals surface area contributed by atoms with Crippen molar-refractivity contribution in [3.8, 4) is 11.5 Å². The van der Waals surface area contributed by atoms with E-state index in [9.17, 15) is 4.79 Å². The van der Waals surface area contributed by atoms with Gasteiger partial charge in [-0.1, -0.05) is 75.0 Å². The number of aromatic nitrogens is 2. The van der Waals surface area contributed by atoms with Gasteiger partial charge in [0, 0.05) is 12.0 Å². The summed E-state index contributed by atoms with van der Waals surface area (Å²) >= 11 is 1.23. The number of nitrogens with zero attached hydrogens (tertiary/aromatic N) is 4. The molecule has 1 aliphatic rings. The van der Waals surface area contributed by atoms with Crippen molar-refractivity contribution in [3.63, 3.8) is 0 Å². The molecule has 4 rings (SSSR count). The minimum Gasteiger partial charge on any atom is -0.411 e. The van der Waals surface area contributed by atoms with E-state index in [2.05, 4.69) is 48.2 Å². The molecule has 0 saturated carbocycles. The quantitative estimate of drug-likeness (QED) is 0.557. The van der Waals surface area contributed by atoms with Crippen LogP contribution in [0.1, 0.15) is 38.3 Å². The van der Waals surface area contributed by atoms with Crippen LogP contribution >= 0.6 is 11.8 Å². The molecule has 0 fully saturated rings. The Kier molecular flexibility index (Phi) is 5.72. The van der Waals surface area contributed by atoms with Crippen molar-refractivity contribution in [2.45, 2.75) is 37.8 Å². The van der Waals surface area contributed by atoms with Gasteiger partial charge in [-0.3, -0.25) is 4.79 Å². The van der Waals surface area contributed by atoms with E-state index >= 15 is 0 Å². The van der Waals surface area contributed by atoms with Crippen LogP contribution in [0.5, 0.6) is 0 Å². The van der Waals surface area contributed by atoms with E-state index in [0.29, 0.717) is 17.7 Å². The minimum atomic E-state index is -0.0692. The molecule has 1 aromatic heterocycles. The Morgan fingerprint density at radius 2 is 1.77 bits per heavy atom. The summed E-state index contributed by atoms with van der Waals surface area (Å²) in [6, 6.07) is 18.1. The lowest BCUT2D eigenvalue weighted by Gasteiger charge is -2.18. The molecule has 154 valence electrons. The van der Waals surface area contributed by atoms with Gasteiger partial charge < -0.3 is 4.42 Å². The van der Waals surface area contributed by atoms with E-state index in [-0.39, 0.29) is 17.1 Å². The second-order valence-electron chi connectivity index (χ2n) is 8.17. The van der Waals surface area contributed by atoms with E-state index < -0.39 is 0 Å². The predicted molar refractivity (Wildman–Crippen MR) is 118 cm³/mol. The van der Waals surface area contributed by atoms with E-state index in [1.54, 1.807) is 0 Å². The van der Waals surface area contributed by atoms with Crippen LogP contribution < -0.4 is 0 Å². The zero-order valence-corrected chi connectivity index (χ0v) is 18.1. The smallest absolute Gasteiger partial charge is 0.277 e. The molecule has 30 heavy (non-hydrogen) atoms. The molecule has 3 aromatic rings. The van der Waals surface area contributed by atoms with Crippen LogP contribution in [0.25, 0.3) is 11.5 Å². The second-order valence-corrected chi connectivity index (χ2v) is 9.10. The van der Waals surface area contributed by atoms with Crippen molar-refractivity contribution in [3.05, 3.63) is 65.7 Å². The number of amides is 1. The summed E-state index contributed by atoms with van der Waals surface area (Å²) in [5, 5.41) is 14.6. The molecular weight excluding hydrogens is 396 g/mol. The van der Waals surface area contributed by atoms with Crippen molar-refractivity contribution in [2.24, 2.45) is 5.10 Å². The highest BCUT2D eigenvalue weighted by molar-refractivity contribution is 7.99. The van der Waals surface area contributed by atoms with Crippen molar-refractivity contribution in [2.75, 3.05) is 12.3 Å². The lowest BCUT2D eigenvalue weighted by molar-refractivity contribution is -0.127. The van der Waals surface area contributed by atoms with Crippen LogP contribution in [-0.4, -0.2) is 39.1 Å². The monoisotopic (exact) mass is 420 g/mol. The van der Waals surface area contributed by atoms with Gasteiger partial charge in [0.05, 0.1) is 18.0 Å². The third-order valence-electron chi connectivity index (χ3n) is 4.92. The molecule has 0 spiro atoms. The first-order chi connectivity index (χ1) is 14.4. The number of benzene rings is 2. The van der Waals surface area contributed by atoms with Crippen molar-refractivity contribution >= 4 is 23.4 Å². The lowest BCUT2D eigenvalue weighted by Crippen LogP contribution is -2.25. The first-order valence-corrected chi connectivity index (χ1v) is 10.9. The fourth-order valence-electron chi connectivity index (χ4n) is 3.17. The first-order valence-electron chi connectivity index (χ1n) is 9.90. The van der Waals surface area contributed by atoms with Crippen molar-refractivity contribution < 1.29 is 9.21 Å². The molecule has 0 saturated heterocycles. The predicted octanol–water partition coefficient (Wildman–Crippen LogP) is 4.76. The number of carbonyl (C=O) groups is 1. The molecule has 2 aromatic carbocycles. The largest absolute Gasteiger partial charge is 0.411 e. The zero-order chi connectivity index (χ0) is 21.1. The van der Waals surface area contributed by atoms with Gasteiger partial charge in [-0.15, -0.1) is 10.2 Å². The van der Waals surface area contributed by atoms with Crippen LogP contribution in [0.15, 0.2) is 69.3 Å². The Labute approximate surface area is 180 Å². The fourth-order valence-corrected chi connectivity index (χ4v) is 3.80. The summed E-state index contributed by atoms with van der Waals surface area (Å²) < 4.78 is 5.73. The summed E-state index contributed by atoms with van der Waals surface area (Å²) in [5.41, 5.74) is 4.19. The fraction of sp³-hybridized carbons (Fsp3) is 0.304. The zero-order valence-electron chi connectivity index (χ0n) is 17.3. The summed E-state index contributed by atoms with van der Waals surface area (Å²) in [6.07, 6.45) is 0.760. The Bertz CT molecular complexity index is 1050. The number of hydrogen-bond donors (Lipinski definition) is 0. The second kappa shape index (κ2) is 8.44. The molecule has 0 atom stereocenters. The Balaban J connectivity index is 1.36. The molecule has 0 aliphatic carbocycles. The van der Waals surface area contributed by atoms with Crippen molar-refractivity contribution in [1.82, 2.24) is 15.2 Å². The van der Waals surface area contributed by atoms with Gasteiger partial charge in [-0.25, -0.2) is 5.01 Å². The standard InChI is InChI=1S/C23H24N4O2S/c1-23(2,3)18-11-9-17(10-12-18)21-24-25-22(29-21)30-15-20(28)27-14-13-19(26-27)16-7-5-4-6-8-16/h4-12H,13-15H2,1-3H3. The maximum atomic E-state index is 12.5. The SMILES string of the molecule is CC(C)(C)c1ccc(-c2nnc(SCC(=O)N3CCC(c4ccccc4)=N3)o2)cc1. The number of carbonyl (C=O) groups excluding carboxylic acids is 1.